The van der Waals surface area contributed by atoms with Crippen LogP contribution in [0.2, 0.25) is 0 Å². The highest BCUT2D eigenvalue weighted by atomic mass is 16.5. The molecule has 1 fully saturated rings. The second-order valence-corrected chi connectivity index (χ2v) is 6.71. The first-order valence-corrected chi connectivity index (χ1v) is 8.52. The molecule has 122 valence electrons. The van der Waals surface area contributed by atoms with Crippen LogP contribution in [0.1, 0.15) is 43.9 Å². The second kappa shape index (κ2) is 6.57. The lowest BCUT2D eigenvalue weighted by molar-refractivity contribution is -0.0169. The molecule has 0 saturated carbocycles. The predicted octanol–water partition coefficient (Wildman–Crippen LogP) is 2.24. The zero-order valence-electron chi connectivity index (χ0n) is 14.0. The number of hydrogen-bond acceptors (Lipinski definition) is 4. The lowest BCUT2D eigenvalue weighted by Gasteiger charge is -2.43. The van der Waals surface area contributed by atoms with Crippen LogP contribution in [0.15, 0.2) is 18.2 Å². The molecule has 0 bridgehead atoms. The highest BCUT2D eigenvalue weighted by Crippen LogP contribution is 2.39. The summed E-state index contributed by atoms with van der Waals surface area (Å²) in [4.78, 5) is 4.85. The van der Waals surface area contributed by atoms with Crippen molar-refractivity contribution in [2.45, 2.75) is 38.8 Å². The van der Waals surface area contributed by atoms with Crippen LogP contribution in [-0.2, 0) is 0 Å². The van der Waals surface area contributed by atoms with Crippen LogP contribution < -0.4 is 4.74 Å². The van der Waals surface area contributed by atoms with E-state index in [0.29, 0.717) is 12.5 Å². The molecular formula is C18H28N2O2. The number of aliphatic hydroxyl groups is 1. The molecule has 2 atom stereocenters. The number of aliphatic hydroxyl groups excluding tert-OH is 1. The van der Waals surface area contributed by atoms with E-state index in [1.54, 1.807) is 0 Å². The molecule has 3 rings (SSSR count). The lowest BCUT2D eigenvalue weighted by Crippen LogP contribution is -2.54. The van der Waals surface area contributed by atoms with E-state index in [2.05, 4.69) is 36.6 Å². The van der Waals surface area contributed by atoms with Crippen molar-refractivity contribution in [3.8, 4) is 5.75 Å². The molecule has 22 heavy (non-hydrogen) atoms. The van der Waals surface area contributed by atoms with E-state index in [0.717, 1.165) is 44.0 Å². The van der Waals surface area contributed by atoms with Gasteiger partial charge in [0.1, 0.15) is 18.5 Å². The van der Waals surface area contributed by atoms with Crippen LogP contribution in [0.4, 0.5) is 0 Å². The molecule has 4 nitrogen and oxygen atoms in total. The van der Waals surface area contributed by atoms with Gasteiger partial charge in [0.05, 0.1) is 6.04 Å². The summed E-state index contributed by atoms with van der Waals surface area (Å²) in [5.41, 5.74) is 2.16. The highest BCUT2D eigenvalue weighted by Gasteiger charge is 2.36. The van der Waals surface area contributed by atoms with Gasteiger partial charge in [0.25, 0.3) is 0 Å². The van der Waals surface area contributed by atoms with Gasteiger partial charge in [-0.1, -0.05) is 39.0 Å². The van der Waals surface area contributed by atoms with Crippen molar-refractivity contribution < 1.29 is 9.84 Å². The summed E-state index contributed by atoms with van der Waals surface area (Å²) in [7, 11) is 0. The van der Waals surface area contributed by atoms with Gasteiger partial charge in [-0.2, -0.15) is 0 Å². The first-order chi connectivity index (χ1) is 10.6. The standard InChI is InChI=1S/C18H28N2O2/c1-4-19-8-10-20(11-9-19)16-12-22-18-14(13(2)3)6-5-7-15(18)17(16)21/h5-7,13,16-17,21H,4,8-12H2,1-3H3. The molecule has 1 N–H and O–H groups in total. The molecule has 1 saturated heterocycles. The summed E-state index contributed by atoms with van der Waals surface area (Å²) < 4.78 is 6.09. The molecule has 2 heterocycles. The predicted molar refractivity (Wildman–Crippen MR) is 88.5 cm³/mol. The summed E-state index contributed by atoms with van der Waals surface area (Å²) in [6, 6.07) is 6.24. The summed E-state index contributed by atoms with van der Waals surface area (Å²) in [6.45, 7) is 12.4. The second-order valence-electron chi connectivity index (χ2n) is 6.71. The van der Waals surface area contributed by atoms with Gasteiger partial charge in [0.2, 0.25) is 0 Å². The molecule has 4 heteroatoms. The molecule has 2 aliphatic heterocycles. The Balaban J connectivity index is 1.77. The Morgan fingerprint density at radius 2 is 1.95 bits per heavy atom. The van der Waals surface area contributed by atoms with E-state index in [1.165, 1.54) is 5.56 Å². The molecule has 0 amide bonds. The van der Waals surface area contributed by atoms with E-state index >= 15 is 0 Å². The lowest BCUT2D eigenvalue weighted by atomic mass is 9.91. The van der Waals surface area contributed by atoms with Gasteiger partial charge in [0, 0.05) is 31.7 Å². The molecule has 2 unspecified atom stereocenters. The van der Waals surface area contributed by atoms with E-state index in [9.17, 15) is 5.11 Å². The van der Waals surface area contributed by atoms with Crippen molar-refractivity contribution in [2.24, 2.45) is 0 Å². The van der Waals surface area contributed by atoms with Crippen molar-refractivity contribution in [1.82, 2.24) is 9.80 Å². The van der Waals surface area contributed by atoms with Crippen LogP contribution in [-0.4, -0.2) is 60.3 Å². The number of fused-ring (bicyclic) bond motifs is 1. The fraction of sp³-hybridized carbons (Fsp3) is 0.667. The third-order valence-corrected chi connectivity index (χ3v) is 5.10. The highest BCUT2D eigenvalue weighted by molar-refractivity contribution is 5.46. The quantitative estimate of drug-likeness (QED) is 0.929. The van der Waals surface area contributed by atoms with Gasteiger partial charge in [-0.25, -0.2) is 0 Å². The van der Waals surface area contributed by atoms with Crippen molar-refractivity contribution in [3.63, 3.8) is 0 Å². The number of likely N-dealkylation sites (N-methyl/N-ethyl adjacent to an activating group) is 1. The summed E-state index contributed by atoms with van der Waals surface area (Å²) in [5.74, 6) is 1.32. The van der Waals surface area contributed by atoms with Crippen LogP contribution >= 0.6 is 0 Å². The Morgan fingerprint density at radius 1 is 1.23 bits per heavy atom. The molecular weight excluding hydrogens is 276 g/mol. The van der Waals surface area contributed by atoms with Crippen molar-refractivity contribution in [3.05, 3.63) is 29.3 Å². The fourth-order valence-corrected chi connectivity index (χ4v) is 3.61. The topological polar surface area (TPSA) is 35.9 Å². The first-order valence-electron chi connectivity index (χ1n) is 8.52. The molecule has 1 aromatic carbocycles. The number of piperazine rings is 1. The van der Waals surface area contributed by atoms with Gasteiger partial charge < -0.3 is 14.7 Å². The van der Waals surface area contributed by atoms with Crippen LogP contribution in [0.3, 0.4) is 0 Å². The fourth-order valence-electron chi connectivity index (χ4n) is 3.61. The van der Waals surface area contributed by atoms with Gasteiger partial charge >= 0.3 is 0 Å². The van der Waals surface area contributed by atoms with Gasteiger partial charge in [0.15, 0.2) is 0 Å². The summed E-state index contributed by atoms with van der Waals surface area (Å²) in [6.07, 6.45) is -0.448. The average molecular weight is 304 g/mol. The largest absolute Gasteiger partial charge is 0.491 e. The smallest absolute Gasteiger partial charge is 0.128 e. The molecule has 0 spiro atoms. The SMILES string of the molecule is CCN1CCN(C2COc3c(C(C)C)cccc3C2O)CC1. The van der Waals surface area contributed by atoms with E-state index in [1.807, 2.05) is 12.1 Å². The minimum Gasteiger partial charge on any atom is -0.491 e. The number of nitrogens with zero attached hydrogens (tertiary/aromatic N) is 2. The van der Waals surface area contributed by atoms with Gasteiger partial charge in [-0.05, 0) is 18.0 Å². The van der Waals surface area contributed by atoms with Crippen LogP contribution in [0.25, 0.3) is 0 Å². The zero-order chi connectivity index (χ0) is 15.7. The minimum atomic E-state index is -0.448. The average Bonchev–Trinajstić information content (AvgIpc) is 2.55. The van der Waals surface area contributed by atoms with Crippen molar-refractivity contribution in [2.75, 3.05) is 39.3 Å². The first kappa shape index (κ1) is 15.8. The number of benzene rings is 1. The molecule has 0 radical (unpaired) electrons. The Kier molecular flexibility index (Phi) is 4.71. The third kappa shape index (κ3) is 2.87. The van der Waals surface area contributed by atoms with E-state index < -0.39 is 6.10 Å². The normalized spacial score (nSPS) is 26.8. The molecule has 2 aliphatic rings. The van der Waals surface area contributed by atoms with Crippen LogP contribution in [0, 0.1) is 0 Å². The number of rotatable bonds is 3. The van der Waals surface area contributed by atoms with Gasteiger partial charge in [-0.15, -0.1) is 0 Å². The van der Waals surface area contributed by atoms with Gasteiger partial charge in [-0.3, -0.25) is 4.90 Å². The van der Waals surface area contributed by atoms with Crippen LogP contribution in [0.5, 0.6) is 5.75 Å². The molecule has 0 aromatic heterocycles. The Bertz CT molecular complexity index is 510. The monoisotopic (exact) mass is 304 g/mol. The third-order valence-electron chi connectivity index (χ3n) is 5.10. The molecule has 1 aromatic rings. The number of hydrogen-bond donors (Lipinski definition) is 1. The Hall–Kier alpha value is -1.10. The maximum Gasteiger partial charge on any atom is 0.128 e. The van der Waals surface area contributed by atoms with Crippen molar-refractivity contribution >= 4 is 0 Å². The summed E-state index contributed by atoms with van der Waals surface area (Å²) >= 11 is 0. The maximum atomic E-state index is 10.9. The Labute approximate surface area is 133 Å². The molecule has 0 aliphatic carbocycles. The maximum absolute atomic E-state index is 10.9. The van der Waals surface area contributed by atoms with Crippen molar-refractivity contribution in [1.29, 1.82) is 0 Å². The van der Waals surface area contributed by atoms with E-state index in [-0.39, 0.29) is 6.04 Å². The number of para-hydroxylation sites is 1. The summed E-state index contributed by atoms with van der Waals surface area (Å²) in [5, 5.41) is 10.9. The minimum absolute atomic E-state index is 0.0777. The van der Waals surface area contributed by atoms with E-state index in [4.69, 9.17) is 4.74 Å². The number of ether oxygens (including phenoxy) is 1. The Morgan fingerprint density at radius 3 is 2.59 bits per heavy atom. The zero-order valence-corrected chi connectivity index (χ0v) is 14.0.